The van der Waals surface area contributed by atoms with Crippen molar-refractivity contribution in [3.05, 3.63) is 42.0 Å². The lowest BCUT2D eigenvalue weighted by Crippen LogP contribution is -2.36. The summed E-state index contributed by atoms with van der Waals surface area (Å²) < 4.78 is 4.38. The summed E-state index contributed by atoms with van der Waals surface area (Å²) in [6, 6.07) is 7.20. The van der Waals surface area contributed by atoms with E-state index in [4.69, 9.17) is 4.98 Å². The topological polar surface area (TPSA) is 80.0 Å². The lowest BCUT2D eigenvalue weighted by Gasteiger charge is -2.24. The maximum Gasteiger partial charge on any atom is 0.217 e. The molecule has 0 aliphatic carbocycles. The molecule has 1 aromatic carbocycles. The van der Waals surface area contributed by atoms with E-state index < -0.39 is 0 Å². The van der Waals surface area contributed by atoms with Crippen molar-refractivity contribution in [1.29, 1.82) is 0 Å². The minimum Gasteiger partial charge on any atom is -0.382 e. The first-order chi connectivity index (χ1) is 15.6. The molecule has 1 saturated heterocycles. The molecule has 3 aromatic rings. The van der Waals surface area contributed by atoms with Crippen molar-refractivity contribution in [3.63, 3.8) is 0 Å². The molecule has 2 N–H and O–H groups in total. The van der Waals surface area contributed by atoms with E-state index in [0.717, 1.165) is 69.7 Å². The maximum absolute atomic E-state index is 11.4. The average molecular weight is 436 g/mol. The predicted octanol–water partition coefficient (Wildman–Crippen LogP) is 2.43. The molecule has 32 heavy (non-hydrogen) atoms. The van der Waals surface area contributed by atoms with Crippen molar-refractivity contribution in [2.45, 2.75) is 64.7 Å². The third-order valence-corrected chi connectivity index (χ3v) is 6.78. The van der Waals surface area contributed by atoms with E-state index in [-0.39, 0.29) is 11.9 Å². The molecule has 8 heteroatoms. The fourth-order valence-electron chi connectivity index (χ4n) is 5.15. The first kappa shape index (κ1) is 21.0. The smallest absolute Gasteiger partial charge is 0.217 e. The zero-order chi connectivity index (χ0) is 22.1. The molecule has 0 bridgehead atoms. The molecule has 0 spiro atoms. The largest absolute Gasteiger partial charge is 0.382 e. The number of benzene rings is 1. The second-order valence-electron chi connectivity index (χ2n) is 9.23. The second-order valence-corrected chi connectivity index (χ2v) is 9.23. The predicted molar refractivity (Wildman–Crippen MR) is 126 cm³/mol. The van der Waals surface area contributed by atoms with Crippen LogP contribution in [0, 0.1) is 0 Å². The van der Waals surface area contributed by atoms with E-state index >= 15 is 0 Å². The number of amides is 1. The lowest BCUT2D eigenvalue weighted by molar-refractivity contribution is -0.119. The number of nitrogens with zero attached hydrogens (tertiary/aromatic N) is 5. The van der Waals surface area contributed by atoms with Gasteiger partial charge in [-0.05, 0) is 44.4 Å². The number of carbonyl (C=O) groups excluding carboxylic acids is 1. The van der Waals surface area contributed by atoms with Gasteiger partial charge >= 0.3 is 0 Å². The Morgan fingerprint density at radius 1 is 1.25 bits per heavy atom. The Balaban J connectivity index is 1.39. The minimum atomic E-state index is 0.0612. The van der Waals surface area contributed by atoms with Crippen molar-refractivity contribution in [3.8, 4) is 0 Å². The molecule has 2 aromatic heterocycles. The van der Waals surface area contributed by atoms with Gasteiger partial charge in [0.25, 0.3) is 0 Å². The van der Waals surface area contributed by atoms with Gasteiger partial charge in [0.05, 0.1) is 11.0 Å². The van der Waals surface area contributed by atoms with Crippen LogP contribution in [0.25, 0.3) is 11.0 Å². The van der Waals surface area contributed by atoms with Crippen molar-refractivity contribution in [1.82, 2.24) is 29.5 Å². The van der Waals surface area contributed by atoms with Crippen LogP contribution in [0.5, 0.6) is 0 Å². The number of hydrogen-bond donors (Lipinski definition) is 2. The summed E-state index contributed by atoms with van der Waals surface area (Å²) in [5.41, 5.74) is 4.96. The van der Waals surface area contributed by atoms with Crippen LogP contribution in [-0.2, 0) is 30.7 Å². The number of aromatic nitrogens is 4. The standard InChI is InChI=1S/C24H33N7O/c1-17-4-5-20-21(26-17)6-7-22-24(20)28-23(9-13-30-11-3-10-25-30)31(22)15-14-29-12-8-19(16-29)27-18(2)32/h3,6-7,10-11,17,19,26H,4-5,8-9,12-16H2,1-2H3,(H,27,32)/t17-,19-/m0/s1. The molecule has 0 radical (unpaired) electrons. The highest BCUT2D eigenvalue weighted by molar-refractivity contribution is 5.86. The van der Waals surface area contributed by atoms with Crippen molar-refractivity contribution < 1.29 is 4.79 Å². The third kappa shape index (κ3) is 4.37. The summed E-state index contributed by atoms with van der Waals surface area (Å²) >= 11 is 0. The second kappa shape index (κ2) is 8.94. The van der Waals surface area contributed by atoms with Gasteiger partial charge in [-0.15, -0.1) is 0 Å². The van der Waals surface area contributed by atoms with Gasteiger partial charge in [0.15, 0.2) is 0 Å². The van der Waals surface area contributed by atoms with Crippen molar-refractivity contribution in [2.24, 2.45) is 0 Å². The molecule has 2 atom stereocenters. The number of carbonyl (C=O) groups is 1. The summed E-state index contributed by atoms with van der Waals surface area (Å²) in [5.74, 6) is 1.19. The number of rotatable bonds is 7. The fraction of sp³-hybridized carbons (Fsp3) is 0.542. The van der Waals surface area contributed by atoms with Gasteiger partial charge in [0, 0.05) is 81.8 Å². The number of imidazole rings is 1. The Morgan fingerprint density at radius 3 is 2.97 bits per heavy atom. The van der Waals surface area contributed by atoms with Crippen LogP contribution in [0.4, 0.5) is 5.69 Å². The Labute approximate surface area is 189 Å². The molecule has 4 heterocycles. The van der Waals surface area contributed by atoms with Gasteiger partial charge in [-0.3, -0.25) is 14.4 Å². The Kier molecular flexibility index (Phi) is 5.87. The number of nitrogens with one attached hydrogen (secondary N) is 2. The number of hydrogen-bond acceptors (Lipinski definition) is 5. The molecule has 2 aliphatic rings. The summed E-state index contributed by atoms with van der Waals surface area (Å²) in [6.07, 6.45) is 7.91. The molecule has 5 rings (SSSR count). The van der Waals surface area contributed by atoms with E-state index in [1.165, 1.54) is 16.8 Å². The number of likely N-dealkylation sites (tertiary alicyclic amines) is 1. The fourth-order valence-corrected chi connectivity index (χ4v) is 5.15. The molecular weight excluding hydrogens is 402 g/mol. The van der Waals surface area contributed by atoms with Crippen LogP contribution in [0.15, 0.2) is 30.6 Å². The van der Waals surface area contributed by atoms with Gasteiger partial charge in [0.1, 0.15) is 5.82 Å². The van der Waals surface area contributed by atoms with Crippen molar-refractivity contribution >= 4 is 22.6 Å². The van der Waals surface area contributed by atoms with Crippen LogP contribution in [0.2, 0.25) is 0 Å². The van der Waals surface area contributed by atoms with Crippen LogP contribution in [-0.4, -0.2) is 61.9 Å². The van der Waals surface area contributed by atoms with E-state index in [0.29, 0.717) is 6.04 Å². The highest BCUT2D eigenvalue weighted by Crippen LogP contribution is 2.32. The molecule has 1 fully saturated rings. The van der Waals surface area contributed by atoms with Crippen LogP contribution in [0.1, 0.15) is 38.1 Å². The minimum absolute atomic E-state index is 0.0612. The summed E-state index contributed by atoms with van der Waals surface area (Å²) in [6.45, 7) is 8.47. The zero-order valence-corrected chi connectivity index (χ0v) is 19.0. The number of anilines is 1. The summed E-state index contributed by atoms with van der Waals surface area (Å²) in [5, 5.41) is 11.1. The van der Waals surface area contributed by atoms with E-state index in [2.05, 4.69) is 44.3 Å². The lowest BCUT2D eigenvalue weighted by atomic mass is 9.98. The van der Waals surface area contributed by atoms with Crippen LogP contribution < -0.4 is 10.6 Å². The first-order valence-corrected chi connectivity index (χ1v) is 11.8. The summed E-state index contributed by atoms with van der Waals surface area (Å²) in [7, 11) is 0. The molecule has 0 unspecified atom stereocenters. The van der Waals surface area contributed by atoms with Gasteiger partial charge in [-0.1, -0.05) is 0 Å². The third-order valence-electron chi connectivity index (χ3n) is 6.78. The molecular formula is C24H33N7O. The van der Waals surface area contributed by atoms with Crippen LogP contribution >= 0.6 is 0 Å². The van der Waals surface area contributed by atoms with Gasteiger partial charge in [-0.2, -0.15) is 5.10 Å². The Bertz CT molecular complexity index is 1090. The molecule has 170 valence electrons. The first-order valence-electron chi connectivity index (χ1n) is 11.8. The van der Waals surface area contributed by atoms with Gasteiger partial charge < -0.3 is 15.2 Å². The molecule has 8 nitrogen and oxygen atoms in total. The Hall–Kier alpha value is -2.87. The highest BCUT2D eigenvalue weighted by Gasteiger charge is 2.24. The highest BCUT2D eigenvalue weighted by atomic mass is 16.1. The number of aryl methyl sites for hydroxylation is 3. The molecule has 2 aliphatic heterocycles. The zero-order valence-electron chi connectivity index (χ0n) is 19.0. The van der Waals surface area contributed by atoms with Gasteiger partial charge in [-0.25, -0.2) is 4.98 Å². The summed E-state index contributed by atoms with van der Waals surface area (Å²) in [4.78, 5) is 19.0. The maximum atomic E-state index is 11.4. The van der Waals surface area contributed by atoms with Crippen molar-refractivity contribution in [2.75, 3.05) is 25.0 Å². The van der Waals surface area contributed by atoms with E-state index in [1.807, 2.05) is 23.1 Å². The van der Waals surface area contributed by atoms with Gasteiger partial charge in [0.2, 0.25) is 5.91 Å². The number of fused-ring (bicyclic) bond motifs is 3. The molecule has 1 amide bonds. The molecule has 0 saturated carbocycles. The normalized spacial score (nSPS) is 20.9. The van der Waals surface area contributed by atoms with E-state index in [9.17, 15) is 4.79 Å². The Morgan fingerprint density at radius 2 is 2.16 bits per heavy atom. The monoisotopic (exact) mass is 435 g/mol. The quantitative estimate of drug-likeness (QED) is 0.596. The SMILES string of the molecule is CC(=O)N[C@H]1CCN(CCn2c(CCn3cccn3)nc3c4c(ccc32)N[C@@H](C)CC4)C1. The van der Waals surface area contributed by atoms with Crippen LogP contribution in [0.3, 0.4) is 0 Å². The van der Waals surface area contributed by atoms with E-state index in [1.54, 1.807) is 6.92 Å². The average Bonchev–Trinajstić information content (AvgIpc) is 3.50.